The Hall–Kier alpha value is -2.37. The van der Waals surface area contributed by atoms with Crippen molar-refractivity contribution in [3.05, 3.63) is 35.4 Å². The quantitative estimate of drug-likeness (QED) is 0.883. The summed E-state index contributed by atoms with van der Waals surface area (Å²) < 4.78 is 0. The Morgan fingerprint density at radius 1 is 1.26 bits per heavy atom. The minimum absolute atomic E-state index is 0.196. The average molecular weight is 318 g/mol. The molecule has 0 bridgehead atoms. The fourth-order valence-electron chi connectivity index (χ4n) is 2.84. The fourth-order valence-corrected chi connectivity index (χ4v) is 2.84. The summed E-state index contributed by atoms with van der Waals surface area (Å²) in [5, 5.41) is 11.5. The van der Waals surface area contributed by atoms with E-state index in [9.17, 15) is 14.4 Å². The number of hydrogen-bond donors (Lipinski definition) is 2. The Morgan fingerprint density at radius 2 is 1.87 bits per heavy atom. The Balaban J connectivity index is 2.30. The summed E-state index contributed by atoms with van der Waals surface area (Å²) in [5.74, 6) is -1.76. The van der Waals surface area contributed by atoms with E-state index in [2.05, 4.69) is 5.32 Å². The predicted molar refractivity (Wildman–Crippen MR) is 84.8 cm³/mol. The molecule has 0 aromatic heterocycles. The highest BCUT2D eigenvalue weighted by Gasteiger charge is 2.43. The second-order valence-electron chi connectivity index (χ2n) is 6.93. The van der Waals surface area contributed by atoms with E-state index in [4.69, 9.17) is 5.11 Å². The molecule has 1 aliphatic heterocycles. The number of nitrogens with one attached hydrogen (secondary N) is 1. The van der Waals surface area contributed by atoms with Crippen molar-refractivity contribution in [1.29, 1.82) is 0 Å². The van der Waals surface area contributed by atoms with Gasteiger partial charge in [0.05, 0.1) is 0 Å². The highest BCUT2D eigenvalue weighted by Crippen LogP contribution is 2.32. The van der Waals surface area contributed by atoms with Crippen molar-refractivity contribution in [2.75, 3.05) is 0 Å². The van der Waals surface area contributed by atoms with E-state index in [0.717, 1.165) is 5.56 Å². The van der Waals surface area contributed by atoms with E-state index in [1.807, 2.05) is 32.9 Å². The number of fused-ring (bicyclic) bond motifs is 1. The molecule has 6 nitrogen and oxygen atoms in total. The van der Waals surface area contributed by atoms with Gasteiger partial charge in [0.15, 0.2) is 0 Å². The molecule has 2 atom stereocenters. The summed E-state index contributed by atoms with van der Waals surface area (Å²) in [7, 11) is 0. The van der Waals surface area contributed by atoms with Crippen molar-refractivity contribution in [3.63, 3.8) is 0 Å². The average Bonchev–Trinajstić information content (AvgIpc) is 2.75. The van der Waals surface area contributed by atoms with Gasteiger partial charge in [0.2, 0.25) is 5.91 Å². The second-order valence-corrected chi connectivity index (χ2v) is 6.93. The lowest BCUT2D eigenvalue weighted by Gasteiger charge is -2.37. The number of hydrogen-bond acceptors (Lipinski definition) is 3. The number of carboxylic acids is 1. The zero-order valence-corrected chi connectivity index (χ0v) is 13.8. The first-order valence-electron chi connectivity index (χ1n) is 7.55. The lowest BCUT2D eigenvalue weighted by Crippen LogP contribution is -2.56. The van der Waals surface area contributed by atoms with Gasteiger partial charge >= 0.3 is 5.97 Å². The first-order chi connectivity index (χ1) is 10.6. The zero-order valence-electron chi connectivity index (χ0n) is 13.8. The Bertz CT molecular complexity index is 648. The van der Waals surface area contributed by atoms with Gasteiger partial charge in [-0.15, -0.1) is 0 Å². The lowest BCUT2D eigenvalue weighted by molar-refractivity contribution is -0.142. The fraction of sp³-hybridized carbons (Fsp3) is 0.471. The molecule has 124 valence electrons. The maximum atomic E-state index is 12.6. The molecule has 0 saturated heterocycles. The minimum atomic E-state index is -1.11. The molecule has 0 aliphatic carbocycles. The Kier molecular flexibility index (Phi) is 4.45. The second kappa shape index (κ2) is 6.02. The molecule has 1 aliphatic rings. The van der Waals surface area contributed by atoms with Gasteiger partial charge in [0.1, 0.15) is 12.1 Å². The van der Waals surface area contributed by atoms with Crippen LogP contribution >= 0.6 is 0 Å². The van der Waals surface area contributed by atoms with Gasteiger partial charge in [-0.3, -0.25) is 14.4 Å². The van der Waals surface area contributed by atoms with Crippen molar-refractivity contribution in [1.82, 2.24) is 10.2 Å². The van der Waals surface area contributed by atoms with Crippen molar-refractivity contribution in [2.45, 2.75) is 46.3 Å². The molecule has 1 heterocycles. The van der Waals surface area contributed by atoms with E-state index >= 15 is 0 Å². The van der Waals surface area contributed by atoms with Crippen molar-refractivity contribution < 1.29 is 19.5 Å². The molecule has 23 heavy (non-hydrogen) atoms. The highest BCUT2D eigenvalue weighted by molar-refractivity contribution is 6.01. The Labute approximate surface area is 135 Å². The van der Waals surface area contributed by atoms with Crippen LogP contribution in [0.4, 0.5) is 0 Å². The summed E-state index contributed by atoms with van der Waals surface area (Å²) in [6, 6.07) is 5.50. The number of amides is 2. The molecule has 2 unspecified atom stereocenters. The summed E-state index contributed by atoms with van der Waals surface area (Å²) in [5.41, 5.74) is 0.951. The van der Waals surface area contributed by atoms with Crippen LogP contribution in [0, 0.1) is 5.41 Å². The van der Waals surface area contributed by atoms with Crippen molar-refractivity contribution >= 4 is 17.8 Å². The van der Waals surface area contributed by atoms with Crippen molar-refractivity contribution in [3.8, 4) is 0 Å². The molecule has 1 aromatic carbocycles. The van der Waals surface area contributed by atoms with Gasteiger partial charge in [0.25, 0.3) is 5.91 Å². The van der Waals surface area contributed by atoms with Crippen LogP contribution in [0.25, 0.3) is 0 Å². The number of carbonyl (C=O) groups is 3. The maximum Gasteiger partial charge on any atom is 0.325 e. The van der Waals surface area contributed by atoms with E-state index in [0.29, 0.717) is 12.1 Å². The van der Waals surface area contributed by atoms with Gasteiger partial charge in [-0.05, 0) is 24.0 Å². The number of nitrogens with zero attached hydrogens (tertiary/aromatic N) is 1. The third kappa shape index (κ3) is 3.36. The first kappa shape index (κ1) is 17.0. The number of benzene rings is 1. The van der Waals surface area contributed by atoms with Gasteiger partial charge in [0, 0.05) is 12.1 Å². The molecule has 1 aromatic rings. The molecule has 6 heteroatoms. The molecule has 0 radical (unpaired) electrons. The van der Waals surface area contributed by atoms with E-state index in [1.54, 1.807) is 12.1 Å². The summed E-state index contributed by atoms with van der Waals surface area (Å²) >= 11 is 0. The highest BCUT2D eigenvalue weighted by atomic mass is 16.4. The van der Waals surface area contributed by atoms with Crippen LogP contribution in [0.2, 0.25) is 0 Å². The van der Waals surface area contributed by atoms with Gasteiger partial charge < -0.3 is 15.3 Å². The number of carbonyl (C=O) groups excluding carboxylic acids is 2. The normalized spacial score (nSPS) is 16.7. The van der Waals surface area contributed by atoms with E-state index in [-0.39, 0.29) is 5.91 Å². The van der Waals surface area contributed by atoms with Crippen LogP contribution in [0.5, 0.6) is 0 Å². The smallest absolute Gasteiger partial charge is 0.325 e. The van der Waals surface area contributed by atoms with Crippen LogP contribution in [-0.4, -0.2) is 39.9 Å². The van der Waals surface area contributed by atoms with Gasteiger partial charge in [-0.25, -0.2) is 0 Å². The minimum Gasteiger partial charge on any atom is -0.480 e. The molecular weight excluding hydrogens is 296 g/mol. The molecule has 2 amide bonds. The third-order valence-electron chi connectivity index (χ3n) is 3.96. The molecule has 0 fully saturated rings. The van der Waals surface area contributed by atoms with Crippen LogP contribution < -0.4 is 5.32 Å². The summed E-state index contributed by atoms with van der Waals surface area (Å²) in [4.78, 5) is 37.8. The van der Waals surface area contributed by atoms with Crippen LogP contribution in [-0.2, 0) is 16.1 Å². The van der Waals surface area contributed by atoms with Crippen molar-refractivity contribution in [2.24, 2.45) is 5.41 Å². The summed E-state index contributed by atoms with van der Waals surface area (Å²) in [6.07, 6.45) is 0. The first-order valence-corrected chi connectivity index (χ1v) is 7.55. The van der Waals surface area contributed by atoms with E-state index in [1.165, 1.54) is 11.8 Å². The number of aliphatic carboxylic acids is 1. The largest absolute Gasteiger partial charge is 0.480 e. The zero-order chi connectivity index (χ0) is 17.4. The topological polar surface area (TPSA) is 86.7 Å². The molecular formula is C17H22N2O4. The molecule has 2 rings (SSSR count). The molecule has 2 N–H and O–H groups in total. The molecule has 0 spiro atoms. The number of carboxylic acid groups (broad SMARTS) is 1. The SMILES string of the molecule is CC(NC(=O)C(N1Cc2ccccc2C1=O)C(C)(C)C)C(=O)O. The lowest BCUT2D eigenvalue weighted by atomic mass is 9.84. The predicted octanol–water partition coefficient (Wildman–Crippen LogP) is 1.65. The third-order valence-corrected chi connectivity index (χ3v) is 3.96. The summed E-state index contributed by atoms with van der Waals surface area (Å²) in [6.45, 7) is 7.34. The van der Waals surface area contributed by atoms with Crippen LogP contribution in [0.3, 0.4) is 0 Å². The van der Waals surface area contributed by atoms with Gasteiger partial charge in [-0.2, -0.15) is 0 Å². The monoisotopic (exact) mass is 318 g/mol. The van der Waals surface area contributed by atoms with E-state index < -0.39 is 29.4 Å². The number of rotatable bonds is 4. The maximum absolute atomic E-state index is 12.6. The van der Waals surface area contributed by atoms with Crippen LogP contribution in [0.1, 0.15) is 43.6 Å². The standard InChI is InChI=1S/C17H22N2O4/c1-10(16(22)23)18-14(20)13(17(2,3)4)19-9-11-7-5-6-8-12(11)15(19)21/h5-8,10,13H,9H2,1-4H3,(H,18,20)(H,22,23). The Morgan fingerprint density at radius 3 is 2.39 bits per heavy atom. The van der Waals surface area contributed by atoms with Crippen LogP contribution in [0.15, 0.2) is 24.3 Å². The molecule has 0 saturated carbocycles. The van der Waals surface area contributed by atoms with Gasteiger partial charge in [-0.1, -0.05) is 39.0 Å².